The number of rotatable bonds is 7. The number of carboxylic acid groups (broad SMARTS) is 1. The maximum Gasteiger partial charge on any atom is 0.335 e. The topological polar surface area (TPSA) is 105 Å². The maximum absolute atomic E-state index is 11.8. The number of aromatic nitrogens is 1. The predicted octanol–water partition coefficient (Wildman–Crippen LogP) is 3.39. The number of nitrogens with two attached hydrogens (primary N) is 1. The van der Waals surface area contributed by atoms with Crippen molar-refractivity contribution in [3.05, 3.63) is 94.3 Å². The molecule has 4 N–H and O–H groups in total. The molecular formula is C22H21N3O3. The Bertz CT molecular complexity index is 1010. The monoisotopic (exact) mass is 375 g/mol. The molecule has 0 unspecified atom stereocenters. The van der Waals surface area contributed by atoms with Crippen LogP contribution in [0.25, 0.3) is 0 Å². The van der Waals surface area contributed by atoms with E-state index in [4.69, 9.17) is 10.8 Å². The molecular weight excluding hydrogens is 354 g/mol. The highest BCUT2D eigenvalue weighted by molar-refractivity contribution is 5.98. The van der Waals surface area contributed by atoms with Gasteiger partial charge in [0.1, 0.15) is 0 Å². The summed E-state index contributed by atoms with van der Waals surface area (Å²) in [5.74, 6) is -1.50. The first-order chi connectivity index (χ1) is 13.4. The Morgan fingerprint density at radius 2 is 1.82 bits per heavy atom. The summed E-state index contributed by atoms with van der Waals surface area (Å²) in [6.07, 6.45) is 1.99. The third-order valence-corrected chi connectivity index (χ3v) is 4.54. The fourth-order valence-electron chi connectivity index (χ4n) is 2.91. The van der Waals surface area contributed by atoms with Crippen molar-refractivity contribution >= 4 is 17.6 Å². The molecule has 1 amide bonds. The normalized spacial score (nSPS) is 10.5. The molecule has 0 bridgehead atoms. The van der Waals surface area contributed by atoms with Crippen molar-refractivity contribution in [3.63, 3.8) is 0 Å². The SMILES string of the molecule is Cc1ccccc1CNc1cc(Cc2ccc(C(=O)O)cc2)ncc1C(N)=O. The number of aromatic carboxylic acids is 1. The Balaban J connectivity index is 1.81. The molecule has 28 heavy (non-hydrogen) atoms. The fraction of sp³-hybridized carbons (Fsp3) is 0.136. The second-order valence-electron chi connectivity index (χ2n) is 6.54. The molecule has 1 aromatic heterocycles. The number of hydrogen-bond donors (Lipinski definition) is 3. The standard InChI is InChI=1S/C22H21N3O3/c1-14-4-2-3-5-17(14)12-25-20-11-18(24-13-19(20)21(23)26)10-15-6-8-16(9-7-15)22(27)28/h2-9,11,13H,10,12H2,1H3,(H2,23,26)(H,24,25)(H,27,28). The molecule has 0 fully saturated rings. The van der Waals surface area contributed by atoms with Crippen molar-refractivity contribution in [1.82, 2.24) is 4.98 Å². The van der Waals surface area contributed by atoms with Crippen LogP contribution >= 0.6 is 0 Å². The number of primary amides is 1. The van der Waals surface area contributed by atoms with Gasteiger partial charge in [0.15, 0.2) is 0 Å². The minimum Gasteiger partial charge on any atom is -0.478 e. The maximum atomic E-state index is 11.8. The Hall–Kier alpha value is -3.67. The van der Waals surface area contributed by atoms with Crippen LogP contribution in [0.2, 0.25) is 0 Å². The van der Waals surface area contributed by atoms with Crippen LogP contribution in [0.3, 0.4) is 0 Å². The van der Waals surface area contributed by atoms with Gasteiger partial charge in [0.05, 0.1) is 16.8 Å². The first kappa shape index (κ1) is 19.1. The van der Waals surface area contributed by atoms with Crippen LogP contribution in [0.1, 0.15) is 43.1 Å². The molecule has 3 aromatic rings. The van der Waals surface area contributed by atoms with Gasteiger partial charge in [-0.25, -0.2) is 4.79 Å². The van der Waals surface area contributed by atoms with Gasteiger partial charge in [-0.1, -0.05) is 36.4 Å². The number of nitrogens with one attached hydrogen (secondary N) is 1. The van der Waals surface area contributed by atoms with Crippen molar-refractivity contribution in [3.8, 4) is 0 Å². The number of amides is 1. The number of nitrogens with zero attached hydrogens (tertiary/aromatic N) is 1. The summed E-state index contributed by atoms with van der Waals surface area (Å²) in [7, 11) is 0. The van der Waals surface area contributed by atoms with Crippen LogP contribution < -0.4 is 11.1 Å². The molecule has 0 atom stereocenters. The Labute approximate surface area is 163 Å². The Morgan fingerprint density at radius 1 is 1.11 bits per heavy atom. The van der Waals surface area contributed by atoms with E-state index < -0.39 is 11.9 Å². The molecule has 0 aliphatic carbocycles. The number of carbonyl (C=O) groups is 2. The lowest BCUT2D eigenvalue weighted by Crippen LogP contribution is -2.15. The van der Waals surface area contributed by atoms with E-state index in [9.17, 15) is 9.59 Å². The van der Waals surface area contributed by atoms with Gasteiger partial charge in [-0.2, -0.15) is 0 Å². The van der Waals surface area contributed by atoms with Crippen molar-refractivity contribution in [2.75, 3.05) is 5.32 Å². The molecule has 0 radical (unpaired) electrons. The largest absolute Gasteiger partial charge is 0.478 e. The van der Waals surface area contributed by atoms with E-state index in [1.807, 2.05) is 37.3 Å². The van der Waals surface area contributed by atoms with E-state index in [1.165, 1.54) is 6.20 Å². The molecule has 0 saturated heterocycles. The summed E-state index contributed by atoms with van der Waals surface area (Å²) < 4.78 is 0. The minimum absolute atomic E-state index is 0.237. The van der Waals surface area contributed by atoms with Gasteiger partial charge >= 0.3 is 5.97 Å². The van der Waals surface area contributed by atoms with Gasteiger partial charge in [-0.05, 0) is 41.8 Å². The van der Waals surface area contributed by atoms with Crippen LogP contribution in [0, 0.1) is 6.92 Å². The minimum atomic E-state index is -0.960. The first-order valence-electron chi connectivity index (χ1n) is 8.83. The summed E-state index contributed by atoms with van der Waals surface area (Å²) >= 11 is 0. The molecule has 142 valence electrons. The third-order valence-electron chi connectivity index (χ3n) is 4.54. The molecule has 6 nitrogen and oxygen atoms in total. The predicted molar refractivity (Wildman–Crippen MR) is 107 cm³/mol. The Morgan fingerprint density at radius 3 is 2.46 bits per heavy atom. The van der Waals surface area contributed by atoms with Crippen molar-refractivity contribution in [2.24, 2.45) is 5.73 Å². The molecule has 6 heteroatoms. The number of carboxylic acids is 1. The quantitative estimate of drug-likeness (QED) is 0.587. The second kappa shape index (κ2) is 8.35. The van der Waals surface area contributed by atoms with Gasteiger partial charge in [0.2, 0.25) is 0 Å². The Kier molecular flexibility index (Phi) is 5.69. The summed E-state index contributed by atoms with van der Waals surface area (Å²) in [4.78, 5) is 27.1. The highest BCUT2D eigenvalue weighted by atomic mass is 16.4. The molecule has 0 saturated carbocycles. The summed E-state index contributed by atoms with van der Waals surface area (Å²) in [5, 5.41) is 12.3. The van der Waals surface area contributed by atoms with Crippen LogP contribution in [0.5, 0.6) is 0 Å². The van der Waals surface area contributed by atoms with E-state index in [0.717, 1.165) is 22.4 Å². The number of pyridine rings is 1. The zero-order chi connectivity index (χ0) is 20.1. The van der Waals surface area contributed by atoms with E-state index in [0.29, 0.717) is 24.2 Å². The summed E-state index contributed by atoms with van der Waals surface area (Å²) in [5.41, 5.74) is 10.6. The molecule has 0 aliphatic heterocycles. The lowest BCUT2D eigenvalue weighted by atomic mass is 10.1. The number of hydrogen-bond acceptors (Lipinski definition) is 4. The summed E-state index contributed by atoms with van der Waals surface area (Å²) in [6.45, 7) is 2.59. The van der Waals surface area contributed by atoms with E-state index in [2.05, 4.69) is 10.3 Å². The zero-order valence-electron chi connectivity index (χ0n) is 15.5. The highest BCUT2D eigenvalue weighted by Crippen LogP contribution is 2.20. The number of anilines is 1. The average Bonchev–Trinajstić information content (AvgIpc) is 2.67. The first-order valence-corrected chi connectivity index (χ1v) is 8.83. The molecule has 0 aliphatic rings. The van der Waals surface area contributed by atoms with Gasteiger partial charge in [-0.3, -0.25) is 9.78 Å². The van der Waals surface area contributed by atoms with Crippen molar-refractivity contribution < 1.29 is 14.7 Å². The van der Waals surface area contributed by atoms with Gasteiger partial charge in [0, 0.05) is 24.9 Å². The van der Waals surface area contributed by atoms with Crippen molar-refractivity contribution in [1.29, 1.82) is 0 Å². The second-order valence-corrected chi connectivity index (χ2v) is 6.54. The van der Waals surface area contributed by atoms with Crippen LogP contribution in [-0.2, 0) is 13.0 Å². The van der Waals surface area contributed by atoms with Crippen molar-refractivity contribution in [2.45, 2.75) is 19.9 Å². The smallest absolute Gasteiger partial charge is 0.335 e. The van der Waals surface area contributed by atoms with Gasteiger partial charge in [0.25, 0.3) is 5.91 Å². The van der Waals surface area contributed by atoms with E-state index >= 15 is 0 Å². The molecule has 0 spiro atoms. The number of carbonyl (C=O) groups excluding carboxylic acids is 1. The van der Waals surface area contributed by atoms with Crippen LogP contribution in [0.4, 0.5) is 5.69 Å². The highest BCUT2D eigenvalue weighted by Gasteiger charge is 2.11. The van der Waals surface area contributed by atoms with Gasteiger partial charge < -0.3 is 16.2 Å². The van der Waals surface area contributed by atoms with Crippen LogP contribution in [0.15, 0.2) is 60.8 Å². The molecule has 2 aromatic carbocycles. The zero-order valence-corrected chi connectivity index (χ0v) is 15.5. The summed E-state index contributed by atoms with van der Waals surface area (Å²) in [6, 6.07) is 16.5. The lowest BCUT2D eigenvalue weighted by molar-refractivity contribution is 0.0696. The van der Waals surface area contributed by atoms with Gasteiger partial charge in [-0.15, -0.1) is 0 Å². The number of aryl methyl sites for hydroxylation is 1. The molecule has 1 heterocycles. The van der Waals surface area contributed by atoms with Crippen LogP contribution in [-0.4, -0.2) is 22.0 Å². The third kappa shape index (κ3) is 4.54. The van der Waals surface area contributed by atoms with E-state index in [-0.39, 0.29) is 5.56 Å². The number of benzene rings is 2. The molecule has 3 rings (SSSR count). The average molecular weight is 375 g/mol. The lowest BCUT2D eigenvalue weighted by Gasteiger charge is -2.13. The fourth-order valence-corrected chi connectivity index (χ4v) is 2.91. The van der Waals surface area contributed by atoms with E-state index in [1.54, 1.807) is 24.3 Å².